The summed E-state index contributed by atoms with van der Waals surface area (Å²) in [5.41, 5.74) is 1.58. The topological polar surface area (TPSA) is 137 Å². The lowest BCUT2D eigenvalue weighted by molar-refractivity contribution is -0.281. The molecule has 0 bridgehead atoms. The van der Waals surface area contributed by atoms with Crippen molar-refractivity contribution >= 4 is 11.9 Å². The summed E-state index contributed by atoms with van der Waals surface area (Å²) in [5, 5.41) is 35.0. The van der Waals surface area contributed by atoms with Crippen molar-refractivity contribution in [3.8, 4) is 0 Å². The monoisotopic (exact) mass is 396 g/mol. The van der Waals surface area contributed by atoms with Crippen molar-refractivity contribution in [2.45, 2.75) is 45.0 Å². The SMILES string of the molecule is CCNCc1ccc(C(=O)NCCO[C@@H]2OC(C(=O)O)[C@@H](C)[C@H](O)C2O)cc1. The van der Waals surface area contributed by atoms with Crippen LogP contribution in [0.1, 0.15) is 29.8 Å². The van der Waals surface area contributed by atoms with E-state index in [0.29, 0.717) is 5.56 Å². The summed E-state index contributed by atoms with van der Waals surface area (Å²) >= 11 is 0. The Balaban J connectivity index is 1.78. The van der Waals surface area contributed by atoms with Gasteiger partial charge in [0.1, 0.15) is 6.10 Å². The van der Waals surface area contributed by atoms with Crippen LogP contribution in [0.4, 0.5) is 0 Å². The first kappa shape index (κ1) is 22.3. The van der Waals surface area contributed by atoms with Gasteiger partial charge in [-0.25, -0.2) is 4.79 Å². The van der Waals surface area contributed by atoms with Crippen molar-refractivity contribution in [3.05, 3.63) is 35.4 Å². The first-order valence-electron chi connectivity index (χ1n) is 9.29. The number of rotatable bonds is 9. The van der Waals surface area contributed by atoms with Gasteiger partial charge in [0, 0.05) is 24.6 Å². The van der Waals surface area contributed by atoms with Crippen LogP contribution < -0.4 is 10.6 Å². The molecule has 1 aliphatic heterocycles. The van der Waals surface area contributed by atoms with Gasteiger partial charge in [-0.2, -0.15) is 0 Å². The van der Waals surface area contributed by atoms with E-state index in [1.807, 2.05) is 19.1 Å². The second-order valence-corrected chi connectivity index (χ2v) is 6.71. The van der Waals surface area contributed by atoms with Crippen molar-refractivity contribution in [3.63, 3.8) is 0 Å². The Morgan fingerprint density at radius 3 is 2.46 bits per heavy atom. The minimum Gasteiger partial charge on any atom is -0.479 e. The second kappa shape index (κ2) is 10.5. The maximum absolute atomic E-state index is 12.1. The highest BCUT2D eigenvalue weighted by atomic mass is 16.7. The number of amides is 1. The zero-order valence-electron chi connectivity index (χ0n) is 16.0. The molecule has 0 aromatic heterocycles. The average Bonchev–Trinajstić information content (AvgIpc) is 2.69. The normalized spacial score (nSPS) is 27.4. The van der Waals surface area contributed by atoms with Crippen molar-refractivity contribution in [2.24, 2.45) is 5.92 Å². The third-order valence-electron chi connectivity index (χ3n) is 4.63. The number of carboxylic acids is 1. The highest BCUT2D eigenvalue weighted by Gasteiger charge is 2.45. The molecule has 2 unspecified atom stereocenters. The number of aliphatic carboxylic acids is 1. The van der Waals surface area contributed by atoms with Gasteiger partial charge in [0.25, 0.3) is 5.91 Å². The van der Waals surface area contributed by atoms with Crippen LogP contribution >= 0.6 is 0 Å². The van der Waals surface area contributed by atoms with Gasteiger partial charge in [-0.3, -0.25) is 4.79 Å². The third-order valence-corrected chi connectivity index (χ3v) is 4.63. The molecule has 9 heteroatoms. The van der Waals surface area contributed by atoms with E-state index in [2.05, 4.69) is 10.6 Å². The van der Waals surface area contributed by atoms with E-state index >= 15 is 0 Å². The highest BCUT2D eigenvalue weighted by Crippen LogP contribution is 2.26. The third kappa shape index (κ3) is 5.73. The van der Waals surface area contributed by atoms with Crippen LogP contribution in [0.25, 0.3) is 0 Å². The molecule has 156 valence electrons. The molecule has 1 aliphatic rings. The molecular formula is C19H28N2O7. The van der Waals surface area contributed by atoms with Gasteiger partial charge in [0.15, 0.2) is 12.4 Å². The zero-order chi connectivity index (χ0) is 20.7. The Labute approximate surface area is 163 Å². The lowest BCUT2D eigenvalue weighted by Crippen LogP contribution is -2.56. The van der Waals surface area contributed by atoms with E-state index in [1.165, 1.54) is 6.92 Å². The van der Waals surface area contributed by atoms with E-state index in [1.54, 1.807) is 12.1 Å². The maximum atomic E-state index is 12.1. The lowest BCUT2D eigenvalue weighted by Gasteiger charge is -2.39. The molecule has 1 saturated heterocycles. The molecule has 1 fully saturated rings. The number of carboxylic acid groups (broad SMARTS) is 1. The quantitative estimate of drug-likeness (QED) is 0.359. The number of carbonyl (C=O) groups excluding carboxylic acids is 1. The number of nitrogens with one attached hydrogen (secondary N) is 2. The van der Waals surface area contributed by atoms with Gasteiger partial charge < -0.3 is 35.4 Å². The van der Waals surface area contributed by atoms with Gasteiger partial charge in [0.05, 0.1) is 12.7 Å². The van der Waals surface area contributed by atoms with E-state index in [4.69, 9.17) is 14.6 Å². The minimum atomic E-state index is -1.37. The molecule has 0 spiro atoms. The summed E-state index contributed by atoms with van der Waals surface area (Å²) < 4.78 is 10.6. The number of ether oxygens (including phenoxy) is 2. The first-order valence-corrected chi connectivity index (χ1v) is 9.29. The first-order chi connectivity index (χ1) is 13.3. The van der Waals surface area contributed by atoms with Crippen LogP contribution in [-0.2, 0) is 20.8 Å². The fraction of sp³-hybridized carbons (Fsp3) is 0.579. The molecule has 28 heavy (non-hydrogen) atoms. The molecule has 1 aromatic carbocycles. The predicted octanol–water partition coefficient (Wildman–Crippen LogP) is -0.290. The summed E-state index contributed by atoms with van der Waals surface area (Å²) in [7, 11) is 0. The fourth-order valence-electron chi connectivity index (χ4n) is 2.91. The summed E-state index contributed by atoms with van der Waals surface area (Å²) in [5.74, 6) is -2.29. The van der Waals surface area contributed by atoms with E-state index < -0.39 is 36.5 Å². The van der Waals surface area contributed by atoms with E-state index in [9.17, 15) is 19.8 Å². The molecule has 1 aromatic rings. The largest absolute Gasteiger partial charge is 0.479 e. The molecule has 0 saturated carbocycles. The lowest BCUT2D eigenvalue weighted by atomic mass is 9.91. The number of aliphatic hydroxyl groups is 2. The summed E-state index contributed by atoms with van der Waals surface area (Å²) in [6, 6.07) is 7.20. The number of hydrogen-bond acceptors (Lipinski definition) is 7. The minimum absolute atomic E-state index is 0.0145. The van der Waals surface area contributed by atoms with Crippen LogP contribution in [-0.4, -0.2) is 71.5 Å². The number of hydrogen-bond donors (Lipinski definition) is 5. The predicted molar refractivity (Wildman–Crippen MR) is 99.6 cm³/mol. The van der Waals surface area contributed by atoms with E-state index in [0.717, 1.165) is 18.7 Å². The fourth-order valence-corrected chi connectivity index (χ4v) is 2.91. The summed E-state index contributed by atoms with van der Waals surface area (Å²) in [6.07, 6.45) is -5.21. The van der Waals surface area contributed by atoms with E-state index in [-0.39, 0.29) is 19.1 Å². The van der Waals surface area contributed by atoms with Crippen LogP contribution in [0.3, 0.4) is 0 Å². The zero-order valence-corrected chi connectivity index (χ0v) is 16.0. The second-order valence-electron chi connectivity index (χ2n) is 6.71. The molecule has 2 rings (SSSR count). The van der Waals surface area contributed by atoms with Crippen molar-refractivity contribution in [1.82, 2.24) is 10.6 Å². The van der Waals surface area contributed by atoms with Gasteiger partial charge in [-0.05, 0) is 24.2 Å². The molecule has 5 N–H and O–H groups in total. The number of aliphatic hydroxyl groups excluding tert-OH is 2. The average molecular weight is 396 g/mol. The van der Waals surface area contributed by atoms with Crippen LogP contribution in [0.5, 0.6) is 0 Å². The molecule has 0 aliphatic carbocycles. The summed E-state index contributed by atoms with van der Waals surface area (Å²) in [6.45, 7) is 5.22. The van der Waals surface area contributed by atoms with Crippen molar-refractivity contribution in [1.29, 1.82) is 0 Å². The number of benzene rings is 1. The number of carbonyl (C=O) groups is 2. The Morgan fingerprint density at radius 2 is 1.86 bits per heavy atom. The van der Waals surface area contributed by atoms with Gasteiger partial charge >= 0.3 is 5.97 Å². The molecule has 1 amide bonds. The van der Waals surface area contributed by atoms with Crippen LogP contribution in [0, 0.1) is 5.92 Å². The van der Waals surface area contributed by atoms with Crippen LogP contribution in [0.15, 0.2) is 24.3 Å². The van der Waals surface area contributed by atoms with Crippen LogP contribution in [0.2, 0.25) is 0 Å². The Kier molecular flexibility index (Phi) is 8.34. The standard InChI is InChI=1S/C19H28N2O7/c1-3-20-10-12-4-6-13(7-5-12)17(24)21-8-9-27-19-15(23)14(22)11(2)16(28-19)18(25)26/h4-7,11,14-16,19-20,22-23H,3,8-10H2,1-2H3,(H,21,24)(H,25,26)/t11-,14-,15?,16?,19+/m0/s1. The molecule has 9 nitrogen and oxygen atoms in total. The van der Waals surface area contributed by atoms with Crippen molar-refractivity contribution in [2.75, 3.05) is 19.7 Å². The van der Waals surface area contributed by atoms with Gasteiger partial charge in [-0.1, -0.05) is 26.0 Å². The maximum Gasteiger partial charge on any atom is 0.333 e. The Morgan fingerprint density at radius 1 is 1.18 bits per heavy atom. The molecular weight excluding hydrogens is 368 g/mol. The van der Waals surface area contributed by atoms with Crippen molar-refractivity contribution < 1.29 is 34.4 Å². The Bertz CT molecular complexity index is 652. The van der Waals surface area contributed by atoms with Gasteiger partial charge in [-0.15, -0.1) is 0 Å². The smallest absolute Gasteiger partial charge is 0.333 e. The highest BCUT2D eigenvalue weighted by molar-refractivity contribution is 5.94. The van der Waals surface area contributed by atoms with Gasteiger partial charge in [0.2, 0.25) is 0 Å². The Hall–Kier alpha value is -2.04. The summed E-state index contributed by atoms with van der Waals surface area (Å²) in [4.78, 5) is 23.3. The molecule has 0 radical (unpaired) electrons. The molecule has 1 heterocycles. The molecule has 5 atom stereocenters.